The summed E-state index contributed by atoms with van der Waals surface area (Å²) in [5.74, 6) is 0.181. The number of carbonyl (C=O) groups excluding carboxylic acids is 2. The molecule has 28 heavy (non-hydrogen) atoms. The van der Waals surface area contributed by atoms with Crippen LogP contribution in [0.2, 0.25) is 0 Å². The Morgan fingerprint density at radius 3 is 2.68 bits per heavy atom. The average Bonchev–Trinajstić information content (AvgIpc) is 3.10. The predicted molar refractivity (Wildman–Crippen MR) is 104 cm³/mol. The number of hydrogen-bond acceptors (Lipinski definition) is 4. The molecule has 7 nitrogen and oxygen atoms in total. The highest BCUT2D eigenvalue weighted by Crippen LogP contribution is 2.30. The molecule has 0 bridgehead atoms. The van der Waals surface area contributed by atoms with Gasteiger partial charge < -0.3 is 14.0 Å². The molecule has 4 rings (SSSR count). The number of nitrogens with zero attached hydrogens (tertiary/aromatic N) is 1. The Balaban J connectivity index is 1.44. The molecule has 0 spiro atoms. The summed E-state index contributed by atoms with van der Waals surface area (Å²) < 4.78 is 13.1. The molecule has 0 aliphatic carbocycles. The monoisotopic (exact) mass is 377 g/mol. The van der Waals surface area contributed by atoms with Crippen LogP contribution in [0.4, 0.5) is 0 Å². The molecule has 1 atom stereocenters. The molecule has 1 aliphatic rings. The number of allylic oxidation sites excluding steroid dienone is 1. The maximum Gasteiger partial charge on any atom is 0.283 e. The molecule has 2 N–H and O–H groups in total. The fraction of sp³-hybridized carbons (Fsp3) is 0.143. The summed E-state index contributed by atoms with van der Waals surface area (Å²) in [6.07, 6.45) is 2.65. The van der Waals surface area contributed by atoms with Crippen molar-refractivity contribution in [3.05, 3.63) is 72.9 Å². The lowest BCUT2D eigenvalue weighted by Crippen LogP contribution is -2.50. The van der Waals surface area contributed by atoms with E-state index in [0.29, 0.717) is 23.6 Å². The van der Waals surface area contributed by atoms with Crippen molar-refractivity contribution in [2.24, 2.45) is 0 Å². The second-order valence-corrected chi connectivity index (χ2v) is 6.31. The second kappa shape index (κ2) is 7.48. The highest BCUT2D eigenvalue weighted by molar-refractivity contribution is 6.07. The molecule has 7 heteroatoms. The first kappa shape index (κ1) is 17.7. The molecule has 0 saturated carbocycles. The number of benzene rings is 2. The fourth-order valence-corrected chi connectivity index (χ4v) is 3.13. The van der Waals surface area contributed by atoms with E-state index in [0.717, 1.165) is 10.9 Å². The minimum absolute atomic E-state index is 0.0668. The first-order valence-corrected chi connectivity index (χ1v) is 8.85. The van der Waals surface area contributed by atoms with Crippen LogP contribution in [0.5, 0.6) is 11.5 Å². The summed E-state index contributed by atoms with van der Waals surface area (Å²) in [6, 6.07) is 14.7. The molecular weight excluding hydrogens is 358 g/mol. The van der Waals surface area contributed by atoms with Gasteiger partial charge in [-0.2, -0.15) is 0 Å². The van der Waals surface area contributed by atoms with E-state index in [9.17, 15) is 9.59 Å². The Labute approximate surface area is 161 Å². The zero-order valence-corrected chi connectivity index (χ0v) is 15.1. The third-order valence-corrected chi connectivity index (χ3v) is 4.46. The van der Waals surface area contributed by atoms with Crippen molar-refractivity contribution in [2.45, 2.75) is 12.6 Å². The minimum Gasteiger partial charge on any atom is -0.485 e. The predicted octanol–water partition coefficient (Wildman–Crippen LogP) is 2.43. The lowest BCUT2D eigenvalue weighted by Gasteiger charge is -2.25. The van der Waals surface area contributed by atoms with Crippen molar-refractivity contribution < 1.29 is 19.1 Å². The number of fused-ring (bicyclic) bond motifs is 2. The maximum atomic E-state index is 12.6. The molecule has 2 heterocycles. The van der Waals surface area contributed by atoms with Gasteiger partial charge in [-0.15, -0.1) is 6.58 Å². The topological polar surface area (TPSA) is 81.6 Å². The van der Waals surface area contributed by atoms with Crippen LogP contribution in [-0.2, 0) is 11.3 Å². The largest absolute Gasteiger partial charge is 0.485 e. The molecule has 0 fully saturated rings. The lowest BCUT2D eigenvalue weighted by molar-refractivity contribution is -0.131. The zero-order valence-electron chi connectivity index (χ0n) is 15.1. The van der Waals surface area contributed by atoms with E-state index in [4.69, 9.17) is 9.47 Å². The van der Waals surface area contributed by atoms with Gasteiger partial charge >= 0.3 is 0 Å². The second-order valence-electron chi connectivity index (χ2n) is 6.31. The first-order chi connectivity index (χ1) is 13.7. The van der Waals surface area contributed by atoms with E-state index in [1.165, 1.54) is 0 Å². The Kier molecular flexibility index (Phi) is 4.72. The van der Waals surface area contributed by atoms with Crippen molar-refractivity contribution in [1.82, 2.24) is 15.4 Å². The molecule has 3 aromatic rings. The number of ether oxygens (including phenoxy) is 2. The highest BCUT2D eigenvalue weighted by Gasteiger charge is 2.27. The van der Waals surface area contributed by atoms with E-state index in [1.807, 2.05) is 34.9 Å². The van der Waals surface area contributed by atoms with Gasteiger partial charge in [0.1, 0.15) is 6.61 Å². The van der Waals surface area contributed by atoms with Gasteiger partial charge in [0.15, 0.2) is 11.5 Å². The summed E-state index contributed by atoms with van der Waals surface area (Å²) in [4.78, 5) is 25.0. The van der Waals surface area contributed by atoms with Crippen LogP contribution in [0.15, 0.2) is 67.4 Å². The Morgan fingerprint density at radius 2 is 1.86 bits per heavy atom. The Morgan fingerprint density at radius 1 is 1.11 bits per heavy atom. The molecule has 2 amide bonds. The van der Waals surface area contributed by atoms with E-state index < -0.39 is 17.9 Å². The molecule has 0 radical (unpaired) electrons. The van der Waals surface area contributed by atoms with Gasteiger partial charge in [-0.3, -0.25) is 20.4 Å². The summed E-state index contributed by atoms with van der Waals surface area (Å²) in [6.45, 7) is 4.38. The molecule has 1 unspecified atom stereocenters. The smallest absolute Gasteiger partial charge is 0.283 e. The number of hydrogen-bond donors (Lipinski definition) is 2. The number of amides is 2. The Hall–Kier alpha value is -3.74. The molecule has 1 aromatic heterocycles. The van der Waals surface area contributed by atoms with Crippen molar-refractivity contribution in [3.8, 4) is 11.5 Å². The molecule has 0 saturated heterocycles. The lowest BCUT2D eigenvalue weighted by atomic mass is 10.2. The van der Waals surface area contributed by atoms with E-state index in [-0.39, 0.29) is 6.61 Å². The van der Waals surface area contributed by atoms with E-state index in [2.05, 4.69) is 17.4 Å². The minimum atomic E-state index is -0.850. The quantitative estimate of drug-likeness (QED) is 0.541. The number of hydrazine groups is 1. The summed E-state index contributed by atoms with van der Waals surface area (Å²) >= 11 is 0. The first-order valence-electron chi connectivity index (χ1n) is 8.85. The Bertz CT molecular complexity index is 1060. The number of rotatable bonds is 4. The van der Waals surface area contributed by atoms with Gasteiger partial charge in [0.25, 0.3) is 11.8 Å². The summed E-state index contributed by atoms with van der Waals surface area (Å²) in [5.41, 5.74) is 6.25. The van der Waals surface area contributed by atoms with Gasteiger partial charge in [-0.05, 0) is 18.2 Å². The number of nitrogens with one attached hydrogen (secondary N) is 2. The van der Waals surface area contributed by atoms with Crippen LogP contribution in [0.1, 0.15) is 10.4 Å². The highest BCUT2D eigenvalue weighted by atomic mass is 16.6. The third-order valence-electron chi connectivity index (χ3n) is 4.46. The normalized spacial score (nSPS) is 15.1. The number of carbonyl (C=O) groups is 2. The molecular formula is C21H19N3O4. The van der Waals surface area contributed by atoms with Gasteiger partial charge in [-0.25, -0.2) is 0 Å². The molecule has 1 aliphatic heterocycles. The fourth-order valence-electron chi connectivity index (χ4n) is 3.13. The number of aromatic nitrogens is 1. The summed E-state index contributed by atoms with van der Waals surface area (Å²) in [5, 5.41) is 0.794. The SMILES string of the molecule is C=CCn1cc(C(=O)NNC(=O)C2COc3ccccc3O2)c2ccccc21. The average molecular weight is 377 g/mol. The van der Waals surface area contributed by atoms with Crippen LogP contribution < -0.4 is 20.3 Å². The van der Waals surface area contributed by atoms with Gasteiger partial charge in [-0.1, -0.05) is 36.4 Å². The van der Waals surface area contributed by atoms with Crippen molar-refractivity contribution in [1.29, 1.82) is 0 Å². The van der Waals surface area contributed by atoms with Crippen molar-refractivity contribution in [2.75, 3.05) is 6.61 Å². The van der Waals surface area contributed by atoms with Gasteiger partial charge in [0.05, 0.1) is 5.56 Å². The number of para-hydroxylation sites is 3. The maximum absolute atomic E-state index is 12.6. The van der Waals surface area contributed by atoms with Crippen molar-refractivity contribution >= 4 is 22.7 Å². The van der Waals surface area contributed by atoms with Crippen LogP contribution in [0.3, 0.4) is 0 Å². The van der Waals surface area contributed by atoms with E-state index in [1.54, 1.807) is 30.5 Å². The zero-order chi connectivity index (χ0) is 19.5. The van der Waals surface area contributed by atoms with Gasteiger partial charge in [0, 0.05) is 23.6 Å². The van der Waals surface area contributed by atoms with Crippen LogP contribution in [-0.4, -0.2) is 29.1 Å². The van der Waals surface area contributed by atoms with Gasteiger partial charge in [0.2, 0.25) is 6.10 Å². The van der Waals surface area contributed by atoms with Crippen LogP contribution in [0, 0.1) is 0 Å². The van der Waals surface area contributed by atoms with Crippen molar-refractivity contribution in [3.63, 3.8) is 0 Å². The summed E-state index contributed by atoms with van der Waals surface area (Å²) in [7, 11) is 0. The molecule has 2 aromatic carbocycles. The third kappa shape index (κ3) is 3.29. The van der Waals surface area contributed by atoms with E-state index >= 15 is 0 Å². The molecule has 142 valence electrons. The standard InChI is InChI=1S/C21H19N3O4/c1-2-11-24-12-15(14-7-3-4-8-16(14)24)20(25)22-23-21(26)19-13-27-17-9-5-6-10-18(17)28-19/h2-10,12,19H,1,11,13H2,(H,22,25)(H,23,26). The van der Waals surface area contributed by atoms with Crippen LogP contribution in [0.25, 0.3) is 10.9 Å². The van der Waals surface area contributed by atoms with Crippen LogP contribution >= 0.6 is 0 Å².